The van der Waals surface area contributed by atoms with E-state index in [9.17, 15) is 0 Å². The van der Waals surface area contributed by atoms with Crippen molar-refractivity contribution in [1.29, 1.82) is 0 Å². The largest absolute Gasteiger partial charge is 0.378 e. The number of ether oxygens (including phenoxy) is 1. The Morgan fingerprint density at radius 3 is 2.43 bits per heavy atom. The Morgan fingerprint density at radius 1 is 1.14 bits per heavy atom. The smallest absolute Gasteiger partial charge is 0.157 e. The van der Waals surface area contributed by atoms with Gasteiger partial charge in [-0.2, -0.15) is 0 Å². The van der Waals surface area contributed by atoms with Gasteiger partial charge in [0.1, 0.15) is 12.4 Å². The van der Waals surface area contributed by atoms with Crippen molar-refractivity contribution in [2.75, 3.05) is 38.0 Å². The van der Waals surface area contributed by atoms with Crippen molar-refractivity contribution < 1.29 is 4.74 Å². The molecule has 0 amide bonds. The van der Waals surface area contributed by atoms with E-state index in [1.54, 1.807) is 0 Å². The minimum Gasteiger partial charge on any atom is -0.378 e. The van der Waals surface area contributed by atoms with E-state index in [1.165, 1.54) is 0 Å². The summed E-state index contributed by atoms with van der Waals surface area (Å²) in [7, 11) is 5.91. The van der Waals surface area contributed by atoms with Crippen LogP contribution in [-0.4, -0.2) is 37.7 Å². The van der Waals surface area contributed by atoms with Gasteiger partial charge in [-0.25, -0.2) is 9.97 Å². The average Bonchev–Trinajstić information content (AvgIpc) is 2.52. The SMILES string of the molecule is CCOCc1nc(NC)cc(-c2ccc(N(C)C)cc2)n1. The molecule has 0 aliphatic rings. The van der Waals surface area contributed by atoms with Crippen molar-refractivity contribution in [2.45, 2.75) is 13.5 Å². The van der Waals surface area contributed by atoms with Crippen LogP contribution in [0.5, 0.6) is 0 Å². The summed E-state index contributed by atoms with van der Waals surface area (Å²) in [6.07, 6.45) is 0. The number of nitrogens with zero attached hydrogens (tertiary/aromatic N) is 3. The molecule has 21 heavy (non-hydrogen) atoms. The maximum absolute atomic E-state index is 5.40. The second kappa shape index (κ2) is 7.04. The zero-order valence-electron chi connectivity index (χ0n) is 13.1. The summed E-state index contributed by atoms with van der Waals surface area (Å²) < 4.78 is 5.40. The van der Waals surface area contributed by atoms with Crippen LogP contribution in [0.15, 0.2) is 30.3 Å². The number of hydrogen-bond acceptors (Lipinski definition) is 5. The molecule has 5 heteroatoms. The minimum atomic E-state index is 0.425. The molecule has 0 fully saturated rings. The molecule has 1 N–H and O–H groups in total. The van der Waals surface area contributed by atoms with Crippen molar-refractivity contribution >= 4 is 11.5 Å². The van der Waals surface area contributed by atoms with Gasteiger partial charge in [-0.1, -0.05) is 12.1 Å². The summed E-state index contributed by atoms with van der Waals surface area (Å²) in [5.74, 6) is 1.49. The zero-order valence-corrected chi connectivity index (χ0v) is 13.1. The molecule has 2 rings (SSSR count). The van der Waals surface area contributed by atoms with Crippen molar-refractivity contribution in [2.24, 2.45) is 0 Å². The summed E-state index contributed by atoms with van der Waals surface area (Å²) >= 11 is 0. The third kappa shape index (κ3) is 3.92. The summed E-state index contributed by atoms with van der Waals surface area (Å²) in [5.41, 5.74) is 3.13. The lowest BCUT2D eigenvalue weighted by atomic mass is 10.1. The van der Waals surface area contributed by atoms with Crippen LogP contribution in [-0.2, 0) is 11.3 Å². The highest BCUT2D eigenvalue weighted by molar-refractivity contribution is 5.65. The highest BCUT2D eigenvalue weighted by Crippen LogP contribution is 2.22. The fourth-order valence-electron chi connectivity index (χ4n) is 1.96. The minimum absolute atomic E-state index is 0.425. The van der Waals surface area contributed by atoms with Crippen molar-refractivity contribution in [3.05, 3.63) is 36.2 Å². The highest BCUT2D eigenvalue weighted by atomic mass is 16.5. The number of benzene rings is 1. The quantitative estimate of drug-likeness (QED) is 0.885. The lowest BCUT2D eigenvalue weighted by Gasteiger charge is -2.13. The molecule has 0 radical (unpaired) electrons. The zero-order chi connectivity index (χ0) is 15.2. The molecule has 0 spiro atoms. The lowest BCUT2D eigenvalue weighted by Crippen LogP contribution is -2.08. The molecule has 0 aliphatic heterocycles. The number of anilines is 2. The first-order valence-electron chi connectivity index (χ1n) is 7.05. The average molecular weight is 286 g/mol. The lowest BCUT2D eigenvalue weighted by molar-refractivity contribution is 0.128. The molecule has 0 aliphatic carbocycles. The van der Waals surface area contributed by atoms with Gasteiger partial charge in [0.25, 0.3) is 0 Å². The van der Waals surface area contributed by atoms with Gasteiger partial charge in [0.15, 0.2) is 5.82 Å². The van der Waals surface area contributed by atoms with Gasteiger partial charge in [0.05, 0.1) is 5.69 Å². The monoisotopic (exact) mass is 286 g/mol. The molecule has 1 aromatic heterocycles. The molecule has 0 saturated heterocycles. The molecule has 5 nitrogen and oxygen atoms in total. The molecule has 0 saturated carbocycles. The molecule has 0 bridgehead atoms. The Balaban J connectivity index is 2.32. The molecule has 112 valence electrons. The first-order chi connectivity index (χ1) is 10.1. The van der Waals surface area contributed by atoms with Crippen LogP contribution in [0, 0.1) is 0 Å². The standard InChI is InChI=1S/C16H22N4O/c1-5-21-11-16-18-14(10-15(17-2)19-16)12-6-8-13(9-7-12)20(3)4/h6-10H,5,11H2,1-4H3,(H,17,18,19). The van der Waals surface area contributed by atoms with Gasteiger partial charge in [-0.05, 0) is 19.1 Å². The normalized spacial score (nSPS) is 10.5. The van der Waals surface area contributed by atoms with E-state index < -0.39 is 0 Å². The maximum Gasteiger partial charge on any atom is 0.157 e. The molecule has 1 heterocycles. The summed E-state index contributed by atoms with van der Waals surface area (Å²) in [6.45, 7) is 3.04. The van der Waals surface area contributed by atoms with Crippen LogP contribution in [0.4, 0.5) is 11.5 Å². The molecule has 0 atom stereocenters. The van der Waals surface area contributed by atoms with Crippen LogP contribution in [0.2, 0.25) is 0 Å². The Kier molecular flexibility index (Phi) is 5.11. The van der Waals surface area contributed by atoms with E-state index in [-0.39, 0.29) is 0 Å². The molecular formula is C16H22N4O. The fraction of sp³-hybridized carbons (Fsp3) is 0.375. The van der Waals surface area contributed by atoms with Crippen LogP contribution < -0.4 is 10.2 Å². The Hall–Kier alpha value is -2.14. The molecule has 1 aromatic carbocycles. The van der Waals surface area contributed by atoms with E-state index in [2.05, 4.69) is 44.5 Å². The fourth-order valence-corrected chi connectivity index (χ4v) is 1.96. The second-order valence-corrected chi connectivity index (χ2v) is 4.88. The Morgan fingerprint density at radius 2 is 1.86 bits per heavy atom. The van der Waals surface area contributed by atoms with Gasteiger partial charge in [0, 0.05) is 45.1 Å². The summed E-state index contributed by atoms with van der Waals surface area (Å²) in [6, 6.07) is 10.3. The third-order valence-corrected chi connectivity index (χ3v) is 3.14. The van der Waals surface area contributed by atoms with Crippen molar-refractivity contribution in [3.63, 3.8) is 0 Å². The van der Waals surface area contributed by atoms with E-state index in [4.69, 9.17) is 4.74 Å². The van der Waals surface area contributed by atoms with Crippen LogP contribution in [0.1, 0.15) is 12.7 Å². The van der Waals surface area contributed by atoms with Gasteiger partial charge >= 0.3 is 0 Å². The first-order valence-corrected chi connectivity index (χ1v) is 7.05. The highest BCUT2D eigenvalue weighted by Gasteiger charge is 2.07. The second-order valence-electron chi connectivity index (χ2n) is 4.88. The van der Waals surface area contributed by atoms with E-state index in [1.807, 2.05) is 34.1 Å². The van der Waals surface area contributed by atoms with E-state index >= 15 is 0 Å². The predicted octanol–water partition coefficient (Wildman–Crippen LogP) is 2.79. The number of rotatable bonds is 6. The maximum atomic E-state index is 5.40. The van der Waals surface area contributed by atoms with Gasteiger partial charge in [0.2, 0.25) is 0 Å². The van der Waals surface area contributed by atoms with Crippen LogP contribution >= 0.6 is 0 Å². The number of nitrogens with one attached hydrogen (secondary N) is 1. The first kappa shape index (κ1) is 15.3. The van der Waals surface area contributed by atoms with Crippen molar-refractivity contribution in [3.8, 4) is 11.3 Å². The Labute approximate surface area is 126 Å². The Bertz CT molecular complexity index is 581. The topological polar surface area (TPSA) is 50.3 Å². The van der Waals surface area contributed by atoms with Gasteiger partial charge < -0.3 is 15.0 Å². The summed E-state index contributed by atoms with van der Waals surface area (Å²) in [4.78, 5) is 11.1. The molecule has 0 unspecified atom stereocenters. The van der Waals surface area contributed by atoms with Gasteiger partial charge in [-0.15, -0.1) is 0 Å². The van der Waals surface area contributed by atoms with E-state index in [0.717, 1.165) is 22.8 Å². The predicted molar refractivity (Wildman–Crippen MR) is 86.7 cm³/mol. The third-order valence-electron chi connectivity index (χ3n) is 3.14. The number of hydrogen-bond donors (Lipinski definition) is 1. The van der Waals surface area contributed by atoms with Crippen LogP contribution in [0.3, 0.4) is 0 Å². The van der Waals surface area contributed by atoms with E-state index in [0.29, 0.717) is 19.0 Å². The molecular weight excluding hydrogens is 264 g/mol. The summed E-state index contributed by atoms with van der Waals surface area (Å²) in [5, 5.41) is 3.07. The van der Waals surface area contributed by atoms with Crippen molar-refractivity contribution in [1.82, 2.24) is 9.97 Å². The molecule has 2 aromatic rings. The van der Waals surface area contributed by atoms with Crippen LogP contribution in [0.25, 0.3) is 11.3 Å². The van der Waals surface area contributed by atoms with Gasteiger partial charge in [-0.3, -0.25) is 0 Å². The number of aromatic nitrogens is 2.